The molecule has 0 fully saturated rings. The zero-order valence-electron chi connectivity index (χ0n) is 8.46. The molecule has 1 nitrogen and oxygen atoms in total. The maximum atomic E-state index is 4.34. The van der Waals surface area contributed by atoms with Gasteiger partial charge in [-0.1, -0.05) is 38.1 Å². The summed E-state index contributed by atoms with van der Waals surface area (Å²) in [5.41, 5.74) is 2.77. The molecule has 70 valence electrons. The lowest BCUT2D eigenvalue weighted by Gasteiger charge is -2.03. The molecule has 0 N–H and O–H groups in total. The van der Waals surface area contributed by atoms with Crippen LogP contribution in [0.2, 0.25) is 0 Å². The van der Waals surface area contributed by atoms with Gasteiger partial charge in [0.25, 0.3) is 0 Å². The first-order valence-electron chi connectivity index (χ1n) is 4.93. The summed E-state index contributed by atoms with van der Waals surface area (Å²) in [5.74, 6) is 0. The maximum absolute atomic E-state index is 4.34. The van der Waals surface area contributed by atoms with E-state index in [0.717, 1.165) is 19.4 Å². The molecule has 0 radical (unpaired) electrons. The lowest BCUT2D eigenvalue weighted by atomic mass is 10.1. The van der Waals surface area contributed by atoms with E-state index < -0.39 is 0 Å². The van der Waals surface area contributed by atoms with Crippen LogP contribution in [0.3, 0.4) is 0 Å². The van der Waals surface area contributed by atoms with Gasteiger partial charge in [0, 0.05) is 0 Å². The van der Waals surface area contributed by atoms with Gasteiger partial charge in [0.2, 0.25) is 0 Å². The molecule has 1 rings (SSSR count). The highest BCUT2D eigenvalue weighted by Gasteiger charge is 1.96. The predicted octanol–water partition coefficient (Wildman–Crippen LogP) is 3.23. The molecule has 13 heavy (non-hydrogen) atoms. The summed E-state index contributed by atoms with van der Waals surface area (Å²) in [6, 6.07) is 8.50. The third kappa shape index (κ3) is 3.02. The summed E-state index contributed by atoms with van der Waals surface area (Å²) in [6.45, 7) is 5.12. The second kappa shape index (κ2) is 5.52. The summed E-state index contributed by atoms with van der Waals surface area (Å²) < 4.78 is 0. The molecule has 0 aliphatic heterocycles. The van der Waals surface area contributed by atoms with Crippen molar-refractivity contribution in [2.75, 3.05) is 0 Å². The zero-order chi connectivity index (χ0) is 9.52. The average molecular weight is 175 g/mol. The third-order valence-electron chi connectivity index (χ3n) is 2.07. The Morgan fingerprint density at radius 1 is 1.15 bits per heavy atom. The smallest absolute Gasteiger partial charge is 0.0638 e. The van der Waals surface area contributed by atoms with Gasteiger partial charge in [-0.3, -0.25) is 4.99 Å². The quantitative estimate of drug-likeness (QED) is 0.623. The highest BCUT2D eigenvalue weighted by molar-refractivity contribution is 5.56. The number of hydrogen-bond donors (Lipinski definition) is 0. The van der Waals surface area contributed by atoms with E-state index in [2.05, 4.69) is 43.1 Å². The Bertz CT molecular complexity index is 276. The molecular weight excluding hydrogens is 158 g/mol. The minimum atomic E-state index is 0.831. The Morgan fingerprint density at radius 3 is 2.46 bits per heavy atom. The summed E-state index contributed by atoms with van der Waals surface area (Å²) in [7, 11) is 0. The van der Waals surface area contributed by atoms with E-state index in [1.54, 1.807) is 0 Å². The summed E-state index contributed by atoms with van der Waals surface area (Å²) in [4.78, 5) is 4.34. The normalized spacial score (nSPS) is 10.9. The Balaban J connectivity index is 2.69. The Morgan fingerprint density at radius 2 is 1.85 bits per heavy atom. The molecule has 1 aromatic rings. The van der Waals surface area contributed by atoms with Crippen molar-refractivity contribution in [3.63, 3.8) is 0 Å². The standard InChI is InChI=1S/C12H17N/c1-3-9-13-10-12-8-6-5-7-11(12)4-2/h5-9H,3-4,10H2,1-2H3. The molecule has 0 spiro atoms. The SMILES string of the molecule is CCC=NCc1ccccc1CC. The summed E-state index contributed by atoms with van der Waals surface area (Å²) in [5, 5.41) is 0. The topological polar surface area (TPSA) is 12.4 Å². The van der Waals surface area contributed by atoms with Crippen LogP contribution in [-0.2, 0) is 13.0 Å². The molecule has 0 saturated carbocycles. The molecule has 0 aliphatic rings. The zero-order valence-corrected chi connectivity index (χ0v) is 8.46. The van der Waals surface area contributed by atoms with Gasteiger partial charge in [-0.05, 0) is 30.2 Å². The number of aryl methyl sites for hydroxylation is 1. The van der Waals surface area contributed by atoms with Crippen LogP contribution in [-0.4, -0.2) is 6.21 Å². The largest absolute Gasteiger partial charge is 0.293 e. The van der Waals surface area contributed by atoms with E-state index in [4.69, 9.17) is 0 Å². The Kier molecular flexibility index (Phi) is 4.24. The van der Waals surface area contributed by atoms with Gasteiger partial charge in [0.05, 0.1) is 6.54 Å². The van der Waals surface area contributed by atoms with E-state index in [1.807, 2.05) is 6.21 Å². The van der Waals surface area contributed by atoms with Crippen molar-refractivity contribution in [2.45, 2.75) is 33.2 Å². The average Bonchev–Trinajstić information content (AvgIpc) is 2.19. The fourth-order valence-electron chi connectivity index (χ4n) is 1.35. The lowest BCUT2D eigenvalue weighted by molar-refractivity contribution is 1.00. The number of hydrogen-bond acceptors (Lipinski definition) is 1. The van der Waals surface area contributed by atoms with E-state index in [0.29, 0.717) is 0 Å². The molecule has 0 amide bonds. The molecule has 0 bridgehead atoms. The van der Waals surface area contributed by atoms with E-state index in [1.165, 1.54) is 11.1 Å². The van der Waals surface area contributed by atoms with E-state index >= 15 is 0 Å². The molecule has 0 aromatic heterocycles. The van der Waals surface area contributed by atoms with Gasteiger partial charge in [0.15, 0.2) is 0 Å². The number of benzene rings is 1. The van der Waals surface area contributed by atoms with Crippen LogP contribution in [0.15, 0.2) is 29.3 Å². The van der Waals surface area contributed by atoms with Gasteiger partial charge >= 0.3 is 0 Å². The first-order chi connectivity index (χ1) is 6.38. The van der Waals surface area contributed by atoms with E-state index in [9.17, 15) is 0 Å². The minimum Gasteiger partial charge on any atom is -0.293 e. The number of rotatable bonds is 4. The third-order valence-corrected chi connectivity index (χ3v) is 2.07. The molecule has 0 heterocycles. The molecule has 1 heteroatoms. The molecule has 0 aliphatic carbocycles. The first-order valence-corrected chi connectivity index (χ1v) is 4.93. The van der Waals surface area contributed by atoms with Crippen molar-refractivity contribution in [3.05, 3.63) is 35.4 Å². The highest BCUT2D eigenvalue weighted by Crippen LogP contribution is 2.10. The van der Waals surface area contributed by atoms with Crippen LogP contribution >= 0.6 is 0 Å². The van der Waals surface area contributed by atoms with Gasteiger partial charge < -0.3 is 0 Å². The van der Waals surface area contributed by atoms with Crippen molar-refractivity contribution in [2.24, 2.45) is 4.99 Å². The van der Waals surface area contributed by atoms with Crippen molar-refractivity contribution in [1.82, 2.24) is 0 Å². The minimum absolute atomic E-state index is 0.831. The van der Waals surface area contributed by atoms with Gasteiger partial charge in [-0.2, -0.15) is 0 Å². The molecule has 0 atom stereocenters. The maximum Gasteiger partial charge on any atom is 0.0638 e. The first kappa shape index (κ1) is 9.97. The molecule has 0 saturated heterocycles. The lowest BCUT2D eigenvalue weighted by Crippen LogP contribution is -1.90. The second-order valence-electron chi connectivity index (χ2n) is 3.05. The highest BCUT2D eigenvalue weighted by atomic mass is 14.7. The molecule has 1 aromatic carbocycles. The van der Waals surface area contributed by atoms with Crippen molar-refractivity contribution < 1.29 is 0 Å². The van der Waals surface area contributed by atoms with Crippen molar-refractivity contribution >= 4 is 6.21 Å². The number of nitrogens with zero attached hydrogens (tertiary/aromatic N) is 1. The van der Waals surface area contributed by atoms with Crippen LogP contribution in [0.5, 0.6) is 0 Å². The van der Waals surface area contributed by atoms with Crippen LogP contribution in [0, 0.1) is 0 Å². The predicted molar refractivity (Wildman–Crippen MR) is 58.3 cm³/mol. The summed E-state index contributed by atoms with van der Waals surface area (Å²) in [6.07, 6.45) is 4.10. The molecular formula is C12H17N. The molecule has 0 unspecified atom stereocenters. The van der Waals surface area contributed by atoms with Crippen LogP contribution in [0.4, 0.5) is 0 Å². The van der Waals surface area contributed by atoms with Crippen molar-refractivity contribution in [3.8, 4) is 0 Å². The number of aliphatic imine (C=N–C) groups is 1. The fraction of sp³-hybridized carbons (Fsp3) is 0.417. The van der Waals surface area contributed by atoms with Gasteiger partial charge in [-0.25, -0.2) is 0 Å². The van der Waals surface area contributed by atoms with Gasteiger partial charge in [-0.15, -0.1) is 0 Å². The Labute approximate surface area is 80.5 Å². The van der Waals surface area contributed by atoms with E-state index in [-0.39, 0.29) is 0 Å². The van der Waals surface area contributed by atoms with Crippen LogP contribution in [0.25, 0.3) is 0 Å². The van der Waals surface area contributed by atoms with Crippen LogP contribution < -0.4 is 0 Å². The van der Waals surface area contributed by atoms with Crippen LogP contribution in [0.1, 0.15) is 31.4 Å². The summed E-state index contributed by atoms with van der Waals surface area (Å²) >= 11 is 0. The van der Waals surface area contributed by atoms with Crippen molar-refractivity contribution in [1.29, 1.82) is 0 Å². The second-order valence-corrected chi connectivity index (χ2v) is 3.05. The fourth-order valence-corrected chi connectivity index (χ4v) is 1.35. The Hall–Kier alpha value is -1.11. The van der Waals surface area contributed by atoms with Gasteiger partial charge in [0.1, 0.15) is 0 Å². The monoisotopic (exact) mass is 175 g/mol.